The van der Waals surface area contributed by atoms with E-state index in [0.717, 1.165) is 40.4 Å². The van der Waals surface area contributed by atoms with E-state index in [4.69, 9.17) is 0 Å². The third-order valence-corrected chi connectivity index (χ3v) is 4.57. The van der Waals surface area contributed by atoms with Crippen LogP contribution in [0.3, 0.4) is 0 Å². The Labute approximate surface area is 145 Å². The van der Waals surface area contributed by atoms with Crippen molar-refractivity contribution in [1.82, 2.24) is 18.9 Å². The molecular formula is C20H19FN4. The van der Waals surface area contributed by atoms with Gasteiger partial charge in [0, 0.05) is 35.8 Å². The maximum Gasteiger partial charge on any atom is 0.136 e. The Balaban J connectivity index is 1.94. The molecule has 1 aromatic carbocycles. The lowest BCUT2D eigenvalue weighted by Crippen LogP contribution is -1.98. The normalized spacial score (nSPS) is 11.4. The summed E-state index contributed by atoms with van der Waals surface area (Å²) in [5.41, 5.74) is 6.50. The second-order valence-electron chi connectivity index (χ2n) is 6.24. The smallest absolute Gasteiger partial charge is 0.136 e. The Morgan fingerprint density at radius 2 is 1.84 bits per heavy atom. The fourth-order valence-electron chi connectivity index (χ4n) is 3.17. The highest BCUT2D eigenvalue weighted by Gasteiger charge is 2.16. The van der Waals surface area contributed by atoms with Crippen LogP contribution in [-0.4, -0.2) is 18.9 Å². The first-order valence-corrected chi connectivity index (χ1v) is 8.34. The number of halogens is 1. The topological polar surface area (TPSA) is 35.1 Å². The fourth-order valence-corrected chi connectivity index (χ4v) is 3.17. The van der Waals surface area contributed by atoms with Crippen molar-refractivity contribution in [3.63, 3.8) is 0 Å². The molecule has 0 saturated heterocycles. The minimum absolute atomic E-state index is 0.198. The van der Waals surface area contributed by atoms with Gasteiger partial charge in [-0.25, -0.2) is 14.4 Å². The van der Waals surface area contributed by atoms with Gasteiger partial charge < -0.3 is 8.97 Å². The van der Waals surface area contributed by atoms with Gasteiger partial charge in [-0.2, -0.15) is 0 Å². The number of nitrogens with zero attached hydrogens (tertiary/aromatic N) is 4. The molecule has 0 spiro atoms. The molecule has 0 amide bonds. The second-order valence-corrected chi connectivity index (χ2v) is 6.24. The molecule has 0 saturated carbocycles. The average molecular weight is 334 g/mol. The summed E-state index contributed by atoms with van der Waals surface area (Å²) in [6.07, 6.45) is 5.79. The molecule has 0 bridgehead atoms. The molecule has 4 nitrogen and oxygen atoms in total. The van der Waals surface area contributed by atoms with Crippen LogP contribution in [-0.2, 0) is 6.54 Å². The summed E-state index contributed by atoms with van der Waals surface area (Å²) in [4.78, 5) is 8.99. The lowest BCUT2D eigenvalue weighted by Gasteiger charge is -2.10. The number of benzene rings is 1. The largest absolute Gasteiger partial charge is 0.330 e. The molecule has 5 heteroatoms. The molecule has 0 aliphatic heterocycles. The standard InChI is InChI=1S/C20H19FN4/c1-4-24-12-23-19(15-5-7-17(21)13(2)9-15)20(24)16-6-8-18-22-10-14(3)25(18)11-16/h5-12H,4H2,1-3H3. The van der Waals surface area contributed by atoms with Crippen LogP contribution in [0.4, 0.5) is 4.39 Å². The number of fused-ring (bicyclic) bond motifs is 1. The Morgan fingerprint density at radius 1 is 1.04 bits per heavy atom. The predicted octanol–water partition coefficient (Wildman–Crippen LogP) is 4.64. The van der Waals surface area contributed by atoms with Gasteiger partial charge >= 0.3 is 0 Å². The van der Waals surface area contributed by atoms with Crippen LogP contribution in [0.1, 0.15) is 18.2 Å². The monoisotopic (exact) mass is 334 g/mol. The van der Waals surface area contributed by atoms with Gasteiger partial charge in [0.15, 0.2) is 0 Å². The Hall–Kier alpha value is -2.95. The summed E-state index contributed by atoms with van der Waals surface area (Å²) in [7, 11) is 0. The van der Waals surface area contributed by atoms with Crippen LogP contribution in [0.25, 0.3) is 28.2 Å². The van der Waals surface area contributed by atoms with Gasteiger partial charge in [-0.15, -0.1) is 0 Å². The van der Waals surface area contributed by atoms with Crippen molar-refractivity contribution in [3.05, 3.63) is 66.1 Å². The molecule has 3 heterocycles. The quantitative estimate of drug-likeness (QED) is 0.547. The first-order valence-electron chi connectivity index (χ1n) is 8.34. The fraction of sp³-hybridized carbons (Fsp3) is 0.200. The molecule has 0 fully saturated rings. The van der Waals surface area contributed by atoms with E-state index < -0.39 is 0 Å². The highest BCUT2D eigenvalue weighted by molar-refractivity contribution is 5.79. The summed E-state index contributed by atoms with van der Waals surface area (Å²) in [6.45, 7) is 6.71. The average Bonchev–Trinajstić information content (AvgIpc) is 3.21. The van der Waals surface area contributed by atoms with E-state index in [1.54, 1.807) is 13.0 Å². The second kappa shape index (κ2) is 5.84. The third kappa shape index (κ3) is 2.52. The summed E-state index contributed by atoms with van der Waals surface area (Å²) < 4.78 is 17.8. The zero-order chi connectivity index (χ0) is 17.6. The molecule has 3 aromatic heterocycles. The lowest BCUT2D eigenvalue weighted by atomic mass is 10.0. The SMILES string of the molecule is CCn1cnc(-c2ccc(F)c(C)c2)c1-c1ccc2ncc(C)n2c1. The van der Waals surface area contributed by atoms with Gasteiger partial charge in [0.1, 0.15) is 11.5 Å². The van der Waals surface area contributed by atoms with Crippen LogP contribution in [0.2, 0.25) is 0 Å². The third-order valence-electron chi connectivity index (χ3n) is 4.57. The highest BCUT2D eigenvalue weighted by atomic mass is 19.1. The first-order chi connectivity index (χ1) is 12.1. The van der Waals surface area contributed by atoms with Crippen LogP contribution < -0.4 is 0 Å². The molecule has 4 aromatic rings. The zero-order valence-electron chi connectivity index (χ0n) is 14.5. The maximum absolute atomic E-state index is 13.7. The Bertz CT molecular complexity index is 1070. The number of aromatic nitrogens is 4. The van der Waals surface area contributed by atoms with Crippen molar-refractivity contribution >= 4 is 5.65 Å². The number of hydrogen-bond donors (Lipinski definition) is 0. The summed E-state index contributed by atoms with van der Waals surface area (Å²) >= 11 is 0. The molecule has 4 rings (SSSR count). The van der Waals surface area contributed by atoms with E-state index >= 15 is 0 Å². The van der Waals surface area contributed by atoms with Crippen molar-refractivity contribution in [3.8, 4) is 22.5 Å². The molecule has 0 unspecified atom stereocenters. The van der Waals surface area contributed by atoms with Crippen LogP contribution in [0.15, 0.2) is 49.1 Å². The van der Waals surface area contributed by atoms with E-state index in [1.807, 2.05) is 31.6 Å². The van der Waals surface area contributed by atoms with E-state index in [0.29, 0.717) is 5.56 Å². The van der Waals surface area contributed by atoms with Gasteiger partial charge in [0.2, 0.25) is 0 Å². The summed E-state index contributed by atoms with van der Waals surface area (Å²) in [5, 5.41) is 0. The first kappa shape index (κ1) is 15.6. The maximum atomic E-state index is 13.7. The van der Waals surface area contributed by atoms with Crippen molar-refractivity contribution in [1.29, 1.82) is 0 Å². The van der Waals surface area contributed by atoms with Crippen molar-refractivity contribution < 1.29 is 4.39 Å². The molecule has 0 aliphatic rings. The minimum Gasteiger partial charge on any atom is -0.330 e. The van der Waals surface area contributed by atoms with Gasteiger partial charge in [0.05, 0.1) is 17.7 Å². The van der Waals surface area contributed by atoms with Crippen LogP contribution in [0.5, 0.6) is 0 Å². The Morgan fingerprint density at radius 3 is 2.60 bits per heavy atom. The lowest BCUT2D eigenvalue weighted by molar-refractivity contribution is 0.619. The molecule has 0 radical (unpaired) electrons. The number of rotatable bonds is 3. The Kier molecular flexibility index (Phi) is 3.64. The minimum atomic E-state index is -0.198. The van der Waals surface area contributed by atoms with E-state index in [9.17, 15) is 4.39 Å². The molecule has 0 atom stereocenters. The molecule has 25 heavy (non-hydrogen) atoms. The van der Waals surface area contributed by atoms with Crippen molar-refractivity contribution in [2.24, 2.45) is 0 Å². The number of pyridine rings is 1. The molecular weight excluding hydrogens is 315 g/mol. The van der Waals surface area contributed by atoms with E-state index in [2.05, 4.69) is 38.1 Å². The van der Waals surface area contributed by atoms with Gasteiger partial charge in [0.25, 0.3) is 0 Å². The number of hydrogen-bond acceptors (Lipinski definition) is 2. The molecule has 126 valence electrons. The van der Waals surface area contributed by atoms with Gasteiger partial charge in [-0.1, -0.05) is 0 Å². The van der Waals surface area contributed by atoms with Crippen molar-refractivity contribution in [2.45, 2.75) is 27.3 Å². The predicted molar refractivity (Wildman–Crippen MR) is 97.0 cm³/mol. The summed E-state index contributed by atoms with van der Waals surface area (Å²) in [6, 6.07) is 9.21. The van der Waals surface area contributed by atoms with Crippen LogP contribution in [0, 0.1) is 19.7 Å². The highest BCUT2D eigenvalue weighted by Crippen LogP contribution is 2.32. The zero-order valence-corrected chi connectivity index (χ0v) is 14.5. The van der Waals surface area contributed by atoms with E-state index in [1.165, 1.54) is 6.07 Å². The van der Waals surface area contributed by atoms with Gasteiger partial charge in [-0.05, 0) is 56.7 Å². The summed E-state index contributed by atoms with van der Waals surface area (Å²) in [5.74, 6) is -0.198. The molecule has 0 aliphatic carbocycles. The number of aryl methyl sites for hydroxylation is 3. The molecule has 0 N–H and O–H groups in total. The van der Waals surface area contributed by atoms with Crippen molar-refractivity contribution in [2.75, 3.05) is 0 Å². The van der Waals surface area contributed by atoms with E-state index in [-0.39, 0.29) is 5.82 Å². The number of imidazole rings is 2. The van der Waals surface area contributed by atoms with Crippen LogP contribution >= 0.6 is 0 Å². The van der Waals surface area contributed by atoms with Gasteiger partial charge in [-0.3, -0.25) is 0 Å².